The molecule has 7 heteroatoms. The van der Waals surface area contributed by atoms with Crippen LogP contribution in [-0.4, -0.2) is 41.4 Å². The normalized spacial score (nSPS) is 10.9. The van der Waals surface area contributed by atoms with Gasteiger partial charge < -0.3 is 20.1 Å². The second-order valence-electron chi connectivity index (χ2n) is 5.36. The first-order valence-corrected chi connectivity index (χ1v) is 7.07. The molecular weight excluding hydrogens is 272 g/mol. The Labute approximate surface area is 125 Å². The van der Waals surface area contributed by atoms with Crippen LogP contribution in [-0.2, 0) is 4.74 Å². The van der Waals surface area contributed by atoms with E-state index in [1.54, 1.807) is 12.3 Å². The molecule has 0 aromatic carbocycles. The van der Waals surface area contributed by atoms with Crippen molar-refractivity contribution in [1.82, 2.24) is 15.3 Å². The van der Waals surface area contributed by atoms with Gasteiger partial charge in [-0.3, -0.25) is 0 Å². The first-order valence-electron chi connectivity index (χ1n) is 7.07. The molecule has 0 radical (unpaired) electrons. The summed E-state index contributed by atoms with van der Waals surface area (Å²) in [5.74, 6) is 1.06. The van der Waals surface area contributed by atoms with Crippen LogP contribution in [0.3, 0.4) is 0 Å². The van der Waals surface area contributed by atoms with E-state index < -0.39 is 11.7 Å². The number of ether oxygens (including phenoxy) is 2. The Morgan fingerprint density at radius 1 is 1.33 bits per heavy atom. The molecule has 0 atom stereocenters. The Bertz CT molecular complexity index is 446. The van der Waals surface area contributed by atoms with Crippen molar-refractivity contribution >= 4 is 12.0 Å². The van der Waals surface area contributed by atoms with E-state index in [9.17, 15) is 4.79 Å². The molecule has 0 saturated heterocycles. The smallest absolute Gasteiger partial charge is 0.407 e. The lowest BCUT2D eigenvalue weighted by molar-refractivity contribution is 0.0528. The highest BCUT2D eigenvalue weighted by Crippen LogP contribution is 2.08. The standard InChI is InChI=1S/C14H24N4O3/c1-5-20-11-7-10-16-12(18-11)15-8-6-9-17-13(19)21-14(2,3)4/h7,10H,5-6,8-9H2,1-4H3,(H,17,19)(H,15,16,18). The lowest BCUT2D eigenvalue weighted by Crippen LogP contribution is -2.33. The second kappa shape index (κ2) is 8.28. The third-order valence-electron chi connectivity index (χ3n) is 2.23. The first-order chi connectivity index (χ1) is 9.90. The molecule has 21 heavy (non-hydrogen) atoms. The van der Waals surface area contributed by atoms with Gasteiger partial charge in [0, 0.05) is 25.4 Å². The molecule has 1 aromatic rings. The van der Waals surface area contributed by atoms with Crippen molar-refractivity contribution in [1.29, 1.82) is 0 Å². The first kappa shape index (κ1) is 17.0. The molecule has 1 aromatic heterocycles. The van der Waals surface area contributed by atoms with Gasteiger partial charge in [0.2, 0.25) is 11.8 Å². The van der Waals surface area contributed by atoms with E-state index in [-0.39, 0.29) is 0 Å². The van der Waals surface area contributed by atoms with Crippen LogP contribution in [0.4, 0.5) is 10.7 Å². The van der Waals surface area contributed by atoms with Crippen LogP contribution >= 0.6 is 0 Å². The van der Waals surface area contributed by atoms with Crippen LogP contribution < -0.4 is 15.4 Å². The van der Waals surface area contributed by atoms with E-state index in [1.807, 2.05) is 27.7 Å². The highest BCUT2D eigenvalue weighted by molar-refractivity contribution is 5.67. The van der Waals surface area contributed by atoms with E-state index in [0.29, 0.717) is 31.5 Å². The topological polar surface area (TPSA) is 85.4 Å². The van der Waals surface area contributed by atoms with Gasteiger partial charge in [0.05, 0.1) is 6.61 Å². The van der Waals surface area contributed by atoms with Gasteiger partial charge in [0.1, 0.15) is 5.60 Å². The van der Waals surface area contributed by atoms with Crippen LogP contribution in [0.1, 0.15) is 34.1 Å². The summed E-state index contributed by atoms with van der Waals surface area (Å²) in [5.41, 5.74) is -0.476. The zero-order valence-corrected chi connectivity index (χ0v) is 13.1. The zero-order chi connectivity index (χ0) is 15.7. The fourth-order valence-corrected chi connectivity index (χ4v) is 1.45. The van der Waals surface area contributed by atoms with Crippen molar-refractivity contribution in [3.05, 3.63) is 12.3 Å². The number of nitrogens with zero attached hydrogens (tertiary/aromatic N) is 2. The molecule has 0 fully saturated rings. The Morgan fingerprint density at radius 2 is 2.10 bits per heavy atom. The maximum absolute atomic E-state index is 11.4. The molecule has 7 nitrogen and oxygen atoms in total. The van der Waals surface area contributed by atoms with E-state index in [1.165, 1.54) is 0 Å². The van der Waals surface area contributed by atoms with Gasteiger partial charge in [-0.15, -0.1) is 0 Å². The lowest BCUT2D eigenvalue weighted by Gasteiger charge is -2.19. The molecule has 0 unspecified atom stereocenters. The minimum atomic E-state index is -0.476. The highest BCUT2D eigenvalue weighted by Gasteiger charge is 2.15. The average Bonchev–Trinajstić information content (AvgIpc) is 2.37. The molecule has 118 valence electrons. The molecule has 0 aliphatic heterocycles. The summed E-state index contributed by atoms with van der Waals surface area (Å²) in [6.45, 7) is 9.12. The molecule has 0 aliphatic rings. The number of hydrogen-bond acceptors (Lipinski definition) is 6. The SMILES string of the molecule is CCOc1ccnc(NCCCNC(=O)OC(C)(C)C)n1. The van der Waals surface area contributed by atoms with Crippen LogP contribution in [0.5, 0.6) is 5.88 Å². The van der Waals surface area contributed by atoms with E-state index in [4.69, 9.17) is 9.47 Å². The Kier molecular flexibility index (Phi) is 6.71. The number of rotatable bonds is 7. The summed E-state index contributed by atoms with van der Waals surface area (Å²) in [6, 6.07) is 1.71. The highest BCUT2D eigenvalue weighted by atomic mass is 16.6. The third-order valence-corrected chi connectivity index (χ3v) is 2.23. The summed E-state index contributed by atoms with van der Waals surface area (Å²) in [5, 5.41) is 5.76. The largest absolute Gasteiger partial charge is 0.478 e. The maximum atomic E-state index is 11.4. The number of nitrogens with one attached hydrogen (secondary N) is 2. The van der Waals surface area contributed by atoms with Gasteiger partial charge in [-0.25, -0.2) is 9.78 Å². The number of aromatic nitrogens is 2. The van der Waals surface area contributed by atoms with Crippen molar-refractivity contribution in [2.75, 3.05) is 25.0 Å². The van der Waals surface area contributed by atoms with Crippen LogP contribution in [0.25, 0.3) is 0 Å². The van der Waals surface area contributed by atoms with Gasteiger partial charge >= 0.3 is 6.09 Å². The van der Waals surface area contributed by atoms with Gasteiger partial charge in [-0.2, -0.15) is 4.98 Å². The van der Waals surface area contributed by atoms with E-state index in [2.05, 4.69) is 20.6 Å². The minimum Gasteiger partial charge on any atom is -0.478 e. The fraction of sp³-hybridized carbons (Fsp3) is 0.643. The van der Waals surface area contributed by atoms with Gasteiger partial charge in [0.25, 0.3) is 0 Å². The van der Waals surface area contributed by atoms with Crippen molar-refractivity contribution in [2.45, 2.75) is 39.7 Å². The quantitative estimate of drug-likeness (QED) is 0.750. The molecule has 0 saturated carbocycles. The molecule has 1 amide bonds. The molecule has 0 bridgehead atoms. The molecule has 0 aliphatic carbocycles. The molecule has 1 rings (SSSR count). The second-order valence-corrected chi connectivity index (χ2v) is 5.36. The summed E-state index contributed by atoms with van der Waals surface area (Å²) in [7, 11) is 0. The maximum Gasteiger partial charge on any atom is 0.407 e. The third kappa shape index (κ3) is 7.96. The summed E-state index contributed by atoms with van der Waals surface area (Å²) in [6.07, 6.45) is 1.97. The average molecular weight is 296 g/mol. The van der Waals surface area contributed by atoms with Crippen molar-refractivity contribution in [2.24, 2.45) is 0 Å². The van der Waals surface area contributed by atoms with Gasteiger partial charge in [-0.1, -0.05) is 0 Å². The van der Waals surface area contributed by atoms with Crippen molar-refractivity contribution in [3.63, 3.8) is 0 Å². The Balaban J connectivity index is 2.19. The Hall–Kier alpha value is -2.05. The van der Waals surface area contributed by atoms with Crippen LogP contribution in [0, 0.1) is 0 Å². The predicted molar refractivity (Wildman–Crippen MR) is 80.5 cm³/mol. The number of carbonyl (C=O) groups excluding carboxylic acids is 1. The number of anilines is 1. The van der Waals surface area contributed by atoms with Gasteiger partial charge in [0.15, 0.2) is 0 Å². The number of alkyl carbamates (subject to hydrolysis) is 1. The minimum absolute atomic E-state index is 0.405. The zero-order valence-electron chi connectivity index (χ0n) is 13.1. The molecule has 1 heterocycles. The molecule has 0 spiro atoms. The van der Waals surface area contributed by atoms with Crippen molar-refractivity contribution < 1.29 is 14.3 Å². The molecular formula is C14H24N4O3. The predicted octanol–water partition coefficient (Wildman–Crippen LogP) is 2.20. The summed E-state index contributed by atoms with van der Waals surface area (Å²) < 4.78 is 10.4. The fourth-order valence-electron chi connectivity index (χ4n) is 1.45. The van der Waals surface area contributed by atoms with E-state index in [0.717, 1.165) is 6.42 Å². The van der Waals surface area contributed by atoms with Crippen LogP contribution in [0.2, 0.25) is 0 Å². The summed E-state index contributed by atoms with van der Waals surface area (Å²) >= 11 is 0. The number of hydrogen-bond donors (Lipinski definition) is 2. The van der Waals surface area contributed by atoms with Crippen LogP contribution in [0.15, 0.2) is 12.3 Å². The number of amides is 1. The van der Waals surface area contributed by atoms with E-state index >= 15 is 0 Å². The van der Waals surface area contributed by atoms with Gasteiger partial charge in [-0.05, 0) is 34.1 Å². The molecule has 2 N–H and O–H groups in total. The Morgan fingerprint density at radius 3 is 2.76 bits per heavy atom. The van der Waals surface area contributed by atoms with Crippen molar-refractivity contribution in [3.8, 4) is 5.88 Å². The monoisotopic (exact) mass is 296 g/mol. The lowest BCUT2D eigenvalue weighted by atomic mass is 10.2. The summed E-state index contributed by atoms with van der Waals surface area (Å²) in [4.78, 5) is 19.7. The number of carbonyl (C=O) groups is 1.